The fourth-order valence-electron chi connectivity index (χ4n) is 1.49. The lowest BCUT2D eigenvalue weighted by Gasteiger charge is -2.11. The fourth-order valence-corrected chi connectivity index (χ4v) is 1.49. The first-order valence-electron chi connectivity index (χ1n) is 5.73. The molecule has 7 nitrogen and oxygen atoms in total. The topological polar surface area (TPSA) is 103 Å². The van der Waals surface area contributed by atoms with E-state index in [1.165, 1.54) is 6.07 Å². The van der Waals surface area contributed by atoms with Gasteiger partial charge >= 0.3 is 12.0 Å². The number of aromatic nitrogens is 1. The van der Waals surface area contributed by atoms with Gasteiger partial charge in [-0.3, -0.25) is 16.2 Å². The van der Waals surface area contributed by atoms with Gasteiger partial charge in [0.15, 0.2) is 0 Å². The van der Waals surface area contributed by atoms with Crippen molar-refractivity contribution in [2.24, 2.45) is 0 Å². The van der Waals surface area contributed by atoms with Crippen molar-refractivity contribution < 1.29 is 14.7 Å². The van der Waals surface area contributed by atoms with Gasteiger partial charge in [0.05, 0.1) is 11.3 Å². The summed E-state index contributed by atoms with van der Waals surface area (Å²) in [6.45, 7) is 0. The maximum absolute atomic E-state index is 11.6. The molecule has 0 aliphatic carbocycles. The Labute approximate surface area is 114 Å². The smallest absolute Gasteiger partial charge is 0.339 e. The molecular formula is C13H12N4O3. The van der Waals surface area contributed by atoms with Crippen LogP contribution in [0.5, 0.6) is 0 Å². The number of carboxylic acid groups (broad SMARTS) is 1. The van der Waals surface area contributed by atoms with Crippen LogP contribution in [0, 0.1) is 0 Å². The van der Waals surface area contributed by atoms with Gasteiger partial charge in [0.2, 0.25) is 0 Å². The van der Waals surface area contributed by atoms with Gasteiger partial charge in [-0.2, -0.15) is 0 Å². The number of rotatable bonds is 4. The highest BCUT2D eigenvalue weighted by Gasteiger charge is 2.09. The average molecular weight is 272 g/mol. The number of para-hydroxylation sites is 1. The summed E-state index contributed by atoms with van der Waals surface area (Å²) in [5.74, 6) is -0.696. The molecule has 0 fully saturated rings. The SMILES string of the molecule is O=C(NNc1ccccc1C(=O)O)Nc1ccccn1. The van der Waals surface area contributed by atoms with Gasteiger partial charge in [-0.05, 0) is 24.3 Å². The summed E-state index contributed by atoms with van der Waals surface area (Å²) >= 11 is 0. The molecule has 0 atom stereocenters. The van der Waals surface area contributed by atoms with E-state index in [0.29, 0.717) is 5.82 Å². The van der Waals surface area contributed by atoms with Gasteiger partial charge in [-0.15, -0.1) is 0 Å². The number of hydrazine groups is 1. The molecule has 0 saturated heterocycles. The van der Waals surface area contributed by atoms with Gasteiger partial charge in [-0.1, -0.05) is 18.2 Å². The molecule has 2 amide bonds. The summed E-state index contributed by atoms with van der Waals surface area (Å²) in [4.78, 5) is 26.5. The highest BCUT2D eigenvalue weighted by Crippen LogP contribution is 2.13. The maximum Gasteiger partial charge on any atom is 0.339 e. The third-order valence-electron chi connectivity index (χ3n) is 2.37. The number of carbonyl (C=O) groups is 2. The fraction of sp³-hybridized carbons (Fsp3) is 0. The summed E-state index contributed by atoms with van der Waals surface area (Å²) < 4.78 is 0. The lowest BCUT2D eigenvalue weighted by molar-refractivity contribution is 0.0698. The van der Waals surface area contributed by atoms with E-state index in [1.54, 1.807) is 42.6 Å². The zero-order valence-corrected chi connectivity index (χ0v) is 10.3. The Morgan fingerprint density at radius 3 is 2.50 bits per heavy atom. The van der Waals surface area contributed by atoms with Gasteiger partial charge in [0, 0.05) is 6.20 Å². The van der Waals surface area contributed by atoms with Crippen LogP contribution in [0.4, 0.5) is 16.3 Å². The Morgan fingerprint density at radius 2 is 1.80 bits per heavy atom. The average Bonchev–Trinajstić information content (AvgIpc) is 2.46. The summed E-state index contributed by atoms with van der Waals surface area (Å²) in [5, 5.41) is 11.5. The van der Waals surface area contributed by atoms with E-state index >= 15 is 0 Å². The van der Waals surface area contributed by atoms with Crippen LogP contribution in [-0.2, 0) is 0 Å². The number of anilines is 2. The van der Waals surface area contributed by atoms with Crippen LogP contribution in [-0.4, -0.2) is 22.1 Å². The molecule has 7 heteroatoms. The number of hydrogen-bond acceptors (Lipinski definition) is 4. The predicted molar refractivity (Wildman–Crippen MR) is 73.4 cm³/mol. The zero-order valence-electron chi connectivity index (χ0n) is 10.3. The maximum atomic E-state index is 11.6. The third-order valence-corrected chi connectivity index (χ3v) is 2.37. The van der Waals surface area contributed by atoms with Crippen molar-refractivity contribution in [2.75, 3.05) is 10.7 Å². The lowest BCUT2D eigenvalue weighted by atomic mass is 10.2. The summed E-state index contributed by atoms with van der Waals surface area (Å²) in [6, 6.07) is 10.8. The van der Waals surface area contributed by atoms with Crippen LogP contribution in [0.3, 0.4) is 0 Å². The Bertz CT molecular complexity index is 616. The molecule has 0 radical (unpaired) electrons. The number of carboxylic acids is 1. The lowest BCUT2D eigenvalue weighted by Crippen LogP contribution is -2.34. The quantitative estimate of drug-likeness (QED) is 0.637. The summed E-state index contributed by atoms with van der Waals surface area (Å²) in [7, 11) is 0. The summed E-state index contributed by atoms with van der Waals surface area (Å²) in [5.41, 5.74) is 5.23. The van der Waals surface area contributed by atoms with E-state index in [9.17, 15) is 9.59 Å². The molecule has 4 N–H and O–H groups in total. The van der Waals surface area contributed by atoms with Crippen molar-refractivity contribution in [3.63, 3.8) is 0 Å². The van der Waals surface area contributed by atoms with E-state index in [-0.39, 0.29) is 11.3 Å². The molecule has 2 rings (SSSR count). The molecule has 0 unspecified atom stereocenters. The molecule has 0 aliphatic heterocycles. The van der Waals surface area contributed by atoms with Crippen LogP contribution in [0.15, 0.2) is 48.7 Å². The second kappa shape index (κ2) is 6.19. The number of nitrogens with zero attached hydrogens (tertiary/aromatic N) is 1. The van der Waals surface area contributed by atoms with Gasteiger partial charge in [-0.25, -0.2) is 14.6 Å². The van der Waals surface area contributed by atoms with E-state index < -0.39 is 12.0 Å². The van der Waals surface area contributed by atoms with Crippen LogP contribution in [0.25, 0.3) is 0 Å². The molecule has 1 heterocycles. The molecule has 102 valence electrons. The molecule has 0 bridgehead atoms. The molecule has 1 aromatic heterocycles. The normalized spacial score (nSPS) is 9.60. The minimum Gasteiger partial charge on any atom is -0.478 e. The van der Waals surface area contributed by atoms with Gasteiger partial charge < -0.3 is 5.11 Å². The number of pyridine rings is 1. The molecule has 0 saturated carbocycles. The number of carbonyl (C=O) groups excluding carboxylic acids is 1. The molecule has 2 aromatic rings. The number of nitrogens with one attached hydrogen (secondary N) is 3. The highest BCUT2D eigenvalue weighted by molar-refractivity contribution is 5.95. The van der Waals surface area contributed by atoms with Crippen molar-refractivity contribution in [1.29, 1.82) is 0 Å². The standard InChI is InChI=1S/C13H12N4O3/c18-12(19)9-5-1-2-6-10(9)16-17-13(20)15-11-7-3-4-8-14-11/h1-8,16H,(H,18,19)(H2,14,15,17,20). The second-order valence-corrected chi connectivity index (χ2v) is 3.77. The number of urea groups is 1. The van der Waals surface area contributed by atoms with E-state index in [2.05, 4.69) is 21.2 Å². The molecule has 20 heavy (non-hydrogen) atoms. The Balaban J connectivity index is 1.96. The highest BCUT2D eigenvalue weighted by atomic mass is 16.4. The Kier molecular flexibility index (Phi) is 4.13. The summed E-state index contributed by atoms with van der Waals surface area (Å²) in [6.07, 6.45) is 1.54. The van der Waals surface area contributed by atoms with Crippen LogP contribution >= 0.6 is 0 Å². The number of hydrogen-bond donors (Lipinski definition) is 4. The minimum absolute atomic E-state index is 0.0608. The molecular weight excluding hydrogens is 260 g/mol. The van der Waals surface area contributed by atoms with Crippen molar-refractivity contribution in [3.05, 3.63) is 54.2 Å². The second-order valence-electron chi connectivity index (χ2n) is 3.77. The third kappa shape index (κ3) is 3.45. The number of amides is 2. The number of aromatic carboxylic acids is 1. The zero-order chi connectivity index (χ0) is 14.4. The first-order valence-corrected chi connectivity index (χ1v) is 5.73. The van der Waals surface area contributed by atoms with Gasteiger partial charge in [0.1, 0.15) is 5.82 Å². The molecule has 1 aromatic carbocycles. The Hall–Kier alpha value is -3.09. The van der Waals surface area contributed by atoms with Crippen molar-refractivity contribution >= 4 is 23.5 Å². The Morgan fingerprint density at radius 1 is 1.05 bits per heavy atom. The van der Waals surface area contributed by atoms with Crippen LogP contribution in [0.2, 0.25) is 0 Å². The van der Waals surface area contributed by atoms with E-state index in [1.807, 2.05) is 0 Å². The number of benzene rings is 1. The van der Waals surface area contributed by atoms with Crippen molar-refractivity contribution in [1.82, 2.24) is 10.4 Å². The van der Waals surface area contributed by atoms with Crippen molar-refractivity contribution in [3.8, 4) is 0 Å². The first kappa shape index (κ1) is 13.3. The molecule has 0 aliphatic rings. The first-order chi connectivity index (χ1) is 9.66. The minimum atomic E-state index is -1.08. The predicted octanol–water partition coefficient (Wildman–Crippen LogP) is 1.93. The van der Waals surface area contributed by atoms with Crippen LogP contribution in [0.1, 0.15) is 10.4 Å². The van der Waals surface area contributed by atoms with Gasteiger partial charge in [0.25, 0.3) is 0 Å². The monoisotopic (exact) mass is 272 g/mol. The van der Waals surface area contributed by atoms with E-state index in [4.69, 9.17) is 5.11 Å². The van der Waals surface area contributed by atoms with Crippen LogP contribution < -0.4 is 16.2 Å². The van der Waals surface area contributed by atoms with E-state index in [0.717, 1.165) is 0 Å². The van der Waals surface area contributed by atoms with Crippen molar-refractivity contribution in [2.45, 2.75) is 0 Å². The molecule has 0 spiro atoms. The largest absolute Gasteiger partial charge is 0.478 e.